The summed E-state index contributed by atoms with van der Waals surface area (Å²) in [5.74, 6) is 0.339. The summed E-state index contributed by atoms with van der Waals surface area (Å²) in [5, 5.41) is 0. The third kappa shape index (κ3) is 2.62. The summed E-state index contributed by atoms with van der Waals surface area (Å²) in [6.45, 7) is 5.83. The van der Waals surface area contributed by atoms with Crippen molar-refractivity contribution in [2.24, 2.45) is 0 Å². The van der Waals surface area contributed by atoms with E-state index >= 15 is 0 Å². The lowest BCUT2D eigenvalue weighted by Gasteiger charge is -2.33. The molecule has 0 radical (unpaired) electrons. The molecule has 1 aliphatic carbocycles. The van der Waals surface area contributed by atoms with Crippen molar-refractivity contribution in [1.29, 1.82) is 0 Å². The minimum atomic E-state index is 0.339. The van der Waals surface area contributed by atoms with Crippen LogP contribution in [0.4, 0.5) is 0 Å². The van der Waals surface area contributed by atoms with Crippen LogP contribution >= 0.6 is 0 Å². The van der Waals surface area contributed by atoms with Crippen LogP contribution in [-0.4, -0.2) is 34.4 Å². The van der Waals surface area contributed by atoms with Crippen molar-refractivity contribution < 1.29 is 4.79 Å². The highest BCUT2D eigenvalue weighted by atomic mass is 16.1. The molecule has 3 nitrogen and oxygen atoms in total. The van der Waals surface area contributed by atoms with Crippen molar-refractivity contribution in [2.75, 3.05) is 13.1 Å². The molecule has 0 spiro atoms. The van der Waals surface area contributed by atoms with Crippen LogP contribution < -0.4 is 0 Å². The molecule has 19 heavy (non-hydrogen) atoms. The number of rotatable bonds is 3. The summed E-state index contributed by atoms with van der Waals surface area (Å²) >= 11 is 0. The molecule has 0 aromatic carbocycles. The van der Waals surface area contributed by atoms with Crippen LogP contribution in [-0.2, 0) is 13.0 Å². The Morgan fingerprint density at radius 2 is 1.95 bits per heavy atom. The molecule has 0 N–H and O–H groups in total. The number of hydrogen-bond donors (Lipinski definition) is 0. The highest BCUT2D eigenvalue weighted by Crippen LogP contribution is 2.23. The minimum absolute atomic E-state index is 0.339. The quantitative estimate of drug-likeness (QED) is 0.835. The first-order valence-corrected chi connectivity index (χ1v) is 7.71. The van der Waals surface area contributed by atoms with Gasteiger partial charge in [-0.25, -0.2) is 0 Å². The van der Waals surface area contributed by atoms with Crippen LogP contribution in [0.1, 0.15) is 55.1 Å². The lowest BCUT2D eigenvalue weighted by molar-refractivity contribution is 0.0971. The summed E-state index contributed by atoms with van der Waals surface area (Å²) in [5.41, 5.74) is 2.26. The highest BCUT2D eigenvalue weighted by molar-refractivity contribution is 5.98. The average Bonchev–Trinajstić information content (AvgIpc) is 2.84. The standard InChI is InChI=1S/C16H24N2O/c1-13(17-9-3-2-4-10-17)12-18-11-8-14-15(18)6-5-7-16(14)19/h8,11,13H,2-7,9-10,12H2,1H3. The molecule has 0 amide bonds. The SMILES string of the molecule is CC(Cn1ccc2c1CCCC2=O)N1CCCCC1. The van der Waals surface area contributed by atoms with E-state index in [-0.39, 0.29) is 0 Å². The number of carbonyl (C=O) groups excluding carboxylic acids is 1. The van der Waals surface area contributed by atoms with E-state index in [9.17, 15) is 4.79 Å². The van der Waals surface area contributed by atoms with Crippen molar-refractivity contribution in [2.45, 2.75) is 58.0 Å². The number of fused-ring (bicyclic) bond motifs is 1. The summed E-state index contributed by atoms with van der Waals surface area (Å²) in [6.07, 6.45) is 9.01. The topological polar surface area (TPSA) is 25.2 Å². The Morgan fingerprint density at radius 1 is 1.16 bits per heavy atom. The number of carbonyl (C=O) groups is 1. The van der Waals surface area contributed by atoms with Gasteiger partial charge in [0.05, 0.1) is 0 Å². The molecule has 1 aliphatic heterocycles. The monoisotopic (exact) mass is 260 g/mol. The number of ketones is 1. The molecule has 1 atom stereocenters. The number of aromatic nitrogens is 1. The van der Waals surface area contributed by atoms with Crippen LogP contribution in [0.25, 0.3) is 0 Å². The van der Waals surface area contributed by atoms with Gasteiger partial charge in [-0.1, -0.05) is 6.42 Å². The van der Waals surface area contributed by atoms with Crippen molar-refractivity contribution in [3.05, 3.63) is 23.5 Å². The van der Waals surface area contributed by atoms with Crippen LogP contribution in [0.2, 0.25) is 0 Å². The van der Waals surface area contributed by atoms with Gasteiger partial charge in [-0.3, -0.25) is 9.69 Å². The van der Waals surface area contributed by atoms with Crippen molar-refractivity contribution in [3.8, 4) is 0 Å². The molecule has 3 heteroatoms. The first-order chi connectivity index (χ1) is 9.25. The summed E-state index contributed by atoms with van der Waals surface area (Å²) < 4.78 is 2.33. The molecule has 2 aliphatic rings. The zero-order valence-electron chi connectivity index (χ0n) is 11.9. The predicted octanol–water partition coefficient (Wildman–Crippen LogP) is 2.88. The maximum absolute atomic E-state index is 11.9. The largest absolute Gasteiger partial charge is 0.349 e. The zero-order valence-corrected chi connectivity index (χ0v) is 11.9. The molecule has 1 fully saturated rings. The van der Waals surface area contributed by atoms with Gasteiger partial charge in [0.1, 0.15) is 0 Å². The van der Waals surface area contributed by atoms with E-state index < -0.39 is 0 Å². The smallest absolute Gasteiger partial charge is 0.164 e. The Kier molecular flexibility index (Phi) is 3.74. The van der Waals surface area contributed by atoms with Gasteiger partial charge in [-0.15, -0.1) is 0 Å². The van der Waals surface area contributed by atoms with Crippen molar-refractivity contribution >= 4 is 5.78 Å². The Hall–Kier alpha value is -1.09. The van der Waals surface area contributed by atoms with E-state index in [1.807, 2.05) is 6.07 Å². The molecule has 1 saturated heterocycles. The second-order valence-corrected chi connectivity index (χ2v) is 6.05. The molecule has 3 rings (SSSR count). The number of hydrogen-bond acceptors (Lipinski definition) is 2. The fourth-order valence-electron chi connectivity index (χ4n) is 3.52. The summed E-state index contributed by atoms with van der Waals surface area (Å²) in [7, 11) is 0. The Balaban J connectivity index is 1.71. The van der Waals surface area contributed by atoms with E-state index in [1.165, 1.54) is 38.0 Å². The molecule has 2 heterocycles. The molecule has 0 saturated carbocycles. The van der Waals surface area contributed by atoms with Gasteiger partial charge in [0.15, 0.2) is 5.78 Å². The third-order valence-corrected chi connectivity index (χ3v) is 4.67. The van der Waals surface area contributed by atoms with Crippen molar-refractivity contribution in [1.82, 2.24) is 9.47 Å². The molecule has 104 valence electrons. The van der Waals surface area contributed by atoms with Gasteiger partial charge in [0.25, 0.3) is 0 Å². The molecule has 1 aromatic rings. The van der Waals surface area contributed by atoms with E-state index in [0.29, 0.717) is 11.8 Å². The van der Waals surface area contributed by atoms with Crippen molar-refractivity contribution in [3.63, 3.8) is 0 Å². The number of likely N-dealkylation sites (tertiary alicyclic amines) is 1. The normalized spacial score (nSPS) is 22.3. The van der Waals surface area contributed by atoms with E-state index in [0.717, 1.165) is 31.4 Å². The Labute approximate surface area is 115 Å². The first kappa shape index (κ1) is 12.9. The fraction of sp³-hybridized carbons (Fsp3) is 0.688. The van der Waals surface area contributed by atoms with Gasteiger partial charge >= 0.3 is 0 Å². The van der Waals surface area contributed by atoms with E-state index in [1.54, 1.807) is 0 Å². The second kappa shape index (κ2) is 5.49. The predicted molar refractivity (Wildman–Crippen MR) is 76.6 cm³/mol. The third-order valence-electron chi connectivity index (χ3n) is 4.67. The highest BCUT2D eigenvalue weighted by Gasteiger charge is 2.23. The molecule has 1 aromatic heterocycles. The van der Waals surface area contributed by atoms with E-state index in [2.05, 4.69) is 22.6 Å². The average molecular weight is 260 g/mol. The van der Waals surface area contributed by atoms with Gasteiger partial charge in [0, 0.05) is 36.5 Å². The Morgan fingerprint density at radius 3 is 2.74 bits per heavy atom. The maximum Gasteiger partial charge on any atom is 0.164 e. The maximum atomic E-state index is 11.9. The van der Waals surface area contributed by atoms with Gasteiger partial charge < -0.3 is 4.57 Å². The number of Topliss-reactive ketones (excluding diaryl/α,β-unsaturated/α-hetero) is 1. The van der Waals surface area contributed by atoms with E-state index in [4.69, 9.17) is 0 Å². The summed E-state index contributed by atoms with van der Waals surface area (Å²) in [6, 6.07) is 2.61. The number of piperidine rings is 1. The van der Waals surface area contributed by atoms with Crippen LogP contribution in [0, 0.1) is 0 Å². The number of nitrogens with zero attached hydrogens (tertiary/aromatic N) is 2. The first-order valence-electron chi connectivity index (χ1n) is 7.71. The lowest BCUT2D eigenvalue weighted by atomic mass is 9.97. The van der Waals surface area contributed by atoms with Crippen LogP contribution in [0.15, 0.2) is 12.3 Å². The molecule has 1 unspecified atom stereocenters. The van der Waals surface area contributed by atoms with Crippen LogP contribution in [0.3, 0.4) is 0 Å². The molecular formula is C16H24N2O. The van der Waals surface area contributed by atoms with Gasteiger partial charge in [-0.05, 0) is 51.8 Å². The summed E-state index contributed by atoms with van der Waals surface area (Å²) in [4.78, 5) is 14.5. The van der Waals surface area contributed by atoms with Crippen LogP contribution in [0.5, 0.6) is 0 Å². The minimum Gasteiger partial charge on any atom is -0.349 e. The second-order valence-electron chi connectivity index (χ2n) is 6.05. The lowest BCUT2D eigenvalue weighted by Crippen LogP contribution is -2.40. The van der Waals surface area contributed by atoms with Gasteiger partial charge in [0.2, 0.25) is 0 Å². The Bertz CT molecular complexity index is 457. The zero-order chi connectivity index (χ0) is 13.2. The molecular weight excluding hydrogens is 236 g/mol. The fourth-order valence-corrected chi connectivity index (χ4v) is 3.52. The molecule has 0 bridgehead atoms. The van der Waals surface area contributed by atoms with Gasteiger partial charge in [-0.2, -0.15) is 0 Å².